The van der Waals surface area contributed by atoms with Gasteiger partial charge in [0.2, 0.25) is 0 Å². The van der Waals surface area contributed by atoms with E-state index in [9.17, 15) is 0 Å². The molecule has 0 unspecified atom stereocenters. The van der Waals surface area contributed by atoms with Crippen LogP contribution in [0.25, 0.3) is 0 Å². The Labute approximate surface area is 88.7 Å². The van der Waals surface area contributed by atoms with Gasteiger partial charge < -0.3 is 0 Å². The molecule has 76 valence electrons. The van der Waals surface area contributed by atoms with Crippen LogP contribution < -0.4 is 0 Å². The standard InChI is InChI=1S/C8H10.C3H6.C3H4/c1-2-8-6-4-3-5-7-8;2*1-3-2/h3-7H,2H2,1H3;3H,1H2,2H3;1H,2H3. The molecule has 0 N–H and O–H groups in total. The molecule has 0 spiro atoms. The summed E-state index contributed by atoms with van der Waals surface area (Å²) < 4.78 is 0. The van der Waals surface area contributed by atoms with Crippen molar-refractivity contribution in [3.05, 3.63) is 48.6 Å². The quantitative estimate of drug-likeness (QED) is 0.460. The second-order valence-corrected chi connectivity index (χ2v) is 2.54. The fourth-order valence-corrected chi connectivity index (χ4v) is 0.714. The molecule has 0 saturated heterocycles. The zero-order valence-electron chi connectivity index (χ0n) is 9.46. The van der Waals surface area contributed by atoms with Gasteiger partial charge in [-0.3, -0.25) is 0 Å². The van der Waals surface area contributed by atoms with E-state index in [-0.39, 0.29) is 0 Å². The zero-order chi connectivity index (χ0) is 11.2. The molecule has 0 nitrogen and oxygen atoms in total. The molecular formula is C14H20. The van der Waals surface area contributed by atoms with Crippen LogP contribution in [0.1, 0.15) is 26.3 Å². The van der Waals surface area contributed by atoms with Crippen molar-refractivity contribution < 1.29 is 0 Å². The molecule has 0 aliphatic rings. The normalized spacial score (nSPS) is 6.71. The molecule has 0 aliphatic heterocycles. The molecule has 0 heteroatoms. The van der Waals surface area contributed by atoms with Gasteiger partial charge in [0, 0.05) is 0 Å². The Morgan fingerprint density at radius 1 is 1.36 bits per heavy atom. The van der Waals surface area contributed by atoms with Crippen LogP contribution >= 0.6 is 0 Å². The molecular weight excluding hydrogens is 168 g/mol. The largest absolute Gasteiger partial charge is 0.120 e. The van der Waals surface area contributed by atoms with E-state index >= 15 is 0 Å². The van der Waals surface area contributed by atoms with Crippen molar-refractivity contribution in [2.24, 2.45) is 0 Å². The first-order valence-corrected chi connectivity index (χ1v) is 4.75. The van der Waals surface area contributed by atoms with Gasteiger partial charge in [0.05, 0.1) is 0 Å². The fourth-order valence-electron chi connectivity index (χ4n) is 0.714. The van der Waals surface area contributed by atoms with E-state index in [0.717, 1.165) is 6.42 Å². The van der Waals surface area contributed by atoms with Crippen molar-refractivity contribution in [1.82, 2.24) is 0 Å². The van der Waals surface area contributed by atoms with Crippen molar-refractivity contribution >= 4 is 0 Å². The van der Waals surface area contributed by atoms with Crippen molar-refractivity contribution in [1.29, 1.82) is 0 Å². The minimum absolute atomic E-state index is 1.14. The Morgan fingerprint density at radius 3 is 1.93 bits per heavy atom. The second-order valence-electron chi connectivity index (χ2n) is 2.54. The molecule has 1 rings (SSSR count). The fraction of sp³-hybridized carbons (Fsp3) is 0.286. The number of allylic oxidation sites excluding steroid dienone is 1. The highest BCUT2D eigenvalue weighted by molar-refractivity contribution is 5.13. The highest BCUT2D eigenvalue weighted by Crippen LogP contribution is 1.96. The molecule has 1 aromatic rings. The number of terminal acetylenes is 1. The number of rotatable bonds is 1. The lowest BCUT2D eigenvalue weighted by Crippen LogP contribution is -1.73. The average Bonchev–Trinajstić information content (AvgIpc) is 2.21. The Kier molecular flexibility index (Phi) is 15.1. The van der Waals surface area contributed by atoms with Crippen molar-refractivity contribution in [3.8, 4) is 12.3 Å². The highest BCUT2D eigenvalue weighted by Gasteiger charge is 1.79. The molecule has 0 saturated carbocycles. The second kappa shape index (κ2) is 14.1. The molecule has 0 bridgehead atoms. The third kappa shape index (κ3) is 13.1. The molecule has 14 heavy (non-hydrogen) atoms. The van der Waals surface area contributed by atoms with Gasteiger partial charge in [0.1, 0.15) is 0 Å². The molecule has 0 atom stereocenters. The summed E-state index contributed by atoms with van der Waals surface area (Å²) in [5.74, 6) is 2.25. The minimum atomic E-state index is 1.14. The first-order valence-electron chi connectivity index (χ1n) is 4.75. The lowest BCUT2D eigenvalue weighted by atomic mass is 10.2. The van der Waals surface area contributed by atoms with Crippen LogP contribution in [0.5, 0.6) is 0 Å². The third-order valence-electron chi connectivity index (χ3n) is 1.25. The van der Waals surface area contributed by atoms with Gasteiger partial charge in [0.15, 0.2) is 0 Å². The van der Waals surface area contributed by atoms with Gasteiger partial charge in [-0.1, -0.05) is 43.3 Å². The van der Waals surface area contributed by atoms with E-state index < -0.39 is 0 Å². The third-order valence-corrected chi connectivity index (χ3v) is 1.25. The van der Waals surface area contributed by atoms with E-state index in [1.807, 2.05) is 13.0 Å². The van der Waals surface area contributed by atoms with Crippen LogP contribution in [0.2, 0.25) is 0 Å². The van der Waals surface area contributed by atoms with Crippen molar-refractivity contribution in [3.63, 3.8) is 0 Å². The molecule has 0 aromatic heterocycles. The van der Waals surface area contributed by atoms with Crippen molar-refractivity contribution in [2.75, 3.05) is 0 Å². The maximum Gasteiger partial charge on any atom is -0.00297 e. The van der Waals surface area contributed by atoms with E-state index in [0.29, 0.717) is 0 Å². The SMILES string of the molecule is C#CC.C=CC.CCc1ccccc1. The lowest BCUT2D eigenvalue weighted by molar-refractivity contribution is 1.14. The zero-order valence-corrected chi connectivity index (χ0v) is 9.46. The van der Waals surface area contributed by atoms with Gasteiger partial charge in [-0.2, -0.15) is 0 Å². The monoisotopic (exact) mass is 188 g/mol. The maximum atomic E-state index is 4.60. The van der Waals surface area contributed by atoms with Crippen LogP contribution in [0, 0.1) is 12.3 Å². The summed E-state index contributed by atoms with van der Waals surface area (Å²) in [7, 11) is 0. The summed E-state index contributed by atoms with van der Waals surface area (Å²) in [5.41, 5.74) is 1.41. The number of hydrogen-bond donors (Lipinski definition) is 0. The van der Waals surface area contributed by atoms with Crippen molar-refractivity contribution in [2.45, 2.75) is 27.2 Å². The predicted molar refractivity (Wildman–Crippen MR) is 66.2 cm³/mol. The number of benzene rings is 1. The van der Waals surface area contributed by atoms with Gasteiger partial charge in [-0.25, -0.2) is 0 Å². The summed E-state index contributed by atoms with van der Waals surface area (Å²) >= 11 is 0. The molecule has 1 aromatic carbocycles. The number of hydrogen-bond acceptors (Lipinski definition) is 0. The summed E-state index contributed by atoms with van der Waals surface area (Å²) in [6.45, 7) is 9.06. The summed E-state index contributed by atoms with van der Waals surface area (Å²) in [6.07, 6.45) is 7.49. The van der Waals surface area contributed by atoms with Crippen LogP contribution in [-0.2, 0) is 6.42 Å². The molecule has 0 heterocycles. The van der Waals surface area contributed by atoms with Gasteiger partial charge in [-0.15, -0.1) is 18.9 Å². The van der Waals surface area contributed by atoms with Crippen LogP contribution in [0.15, 0.2) is 43.0 Å². The van der Waals surface area contributed by atoms with Crippen LogP contribution in [-0.4, -0.2) is 0 Å². The minimum Gasteiger partial charge on any atom is -0.120 e. The predicted octanol–water partition coefficient (Wildman–Crippen LogP) is 4.08. The van der Waals surface area contributed by atoms with E-state index in [4.69, 9.17) is 0 Å². The van der Waals surface area contributed by atoms with Gasteiger partial charge >= 0.3 is 0 Å². The number of aryl methyl sites for hydroxylation is 1. The average molecular weight is 188 g/mol. The molecule has 0 aliphatic carbocycles. The Morgan fingerprint density at radius 2 is 1.71 bits per heavy atom. The Bertz CT molecular complexity index is 238. The maximum absolute atomic E-state index is 4.60. The summed E-state index contributed by atoms with van der Waals surface area (Å²) in [6, 6.07) is 10.5. The highest BCUT2D eigenvalue weighted by atomic mass is 13.9. The topological polar surface area (TPSA) is 0 Å². The first-order chi connectivity index (χ1) is 6.76. The lowest BCUT2D eigenvalue weighted by Gasteiger charge is -1.89. The van der Waals surface area contributed by atoms with E-state index in [1.54, 1.807) is 13.0 Å². The molecule has 0 amide bonds. The van der Waals surface area contributed by atoms with E-state index in [1.165, 1.54) is 5.56 Å². The molecule has 0 radical (unpaired) electrons. The Hall–Kier alpha value is -1.48. The first kappa shape index (κ1) is 15.0. The summed E-state index contributed by atoms with van der Waals surface area (Å²) in [5, 5.41) is 0. The van der Waals surface area contributed by atoms with Gasteiger partial charge in [0.25, 0.3) is 0 Å². The van der Waals surface area contributed by atoms with Gasteiger partial charge in [-0.05, 0) is 25.8 Å². The Balaban J connectivity index is 0. The van der Waals surface area contributed by atoms with Crippen LogP contribution in [0.3, 0.4) is 0 Å². The van der Waals surface area contributed by atoms with E-state index in [2.05, 4.69) is 50.1 Å². The summed E-state index contributed by atoms with van der Waals surface area (Å²) in [4.78, 5) is 0. The molecule has 0 fully saturated rings. The van der Waals surface area contributed by atoms with Crippen LogP contribution in [0.4, 0.5) is 0 Å². The smallest absolute Gasteiger partial charge is 0.00297 e.